The second-order valence-electron chi connectivity index (χ2n) is 5.24. The lowest BCUT2D eigenvalue weighted by Gasteiger charge is -2.32. The van der Waals surface area contributed by atoms with Crippen LogP contribution in [0.15, 0.2) is 24.3 Å². The summed E-state index contributed by atoms with van der Waals surface area (Å²) in [6.07, 6.45) is 1.90. The SMILES string of the molecule is CN1CCc2c([nH]c3ccccc23)C1CCC(=O)O. The summed E-state index contributed by atoms with van der Waals surface area (Å²) >= 11 is 0. The van der Waals surface area contributed by atoms with Gasteiger partial charge in [-0.15, -0.1) is 0 Å². The van der Waals surface area contributed by atoms with E-state index in [-0.39, 0.29) is 12.5 Å². The van der Waals surface area contributed by atoms with E-state index in [0.29, 0.717) is 6.42 Å². The van der Waals surface area contributed by atoms with Crippen LogP contribution in [0.1, 0.15) is 30.1 Å². The number of benzene rings is 1. The number of carboxylic acids is 1. The highest BCUT2D eigenvalue weighted by Crippen LogP contribution is 2.35. The van der Waals surface area contributed by atoms with Crippen LogP contribution in [0.4, 0.5) is 0 Å². The van der Waals surface area contributed by atoms with Gasteiger partial charge in [-0.2, -0.15) is 0 Å². The Morgan fingerprint density at radius 2 is 2.26 bits per heavy atom. The Morgan fingerprint density at radius 1 is 1.47 bits per heavy atom. The van der Waals surface area contributed by atoms with Gasteiger partial charge in [-0.05, 0) is 31.5 Å². The van der Waals surface area contributed by atoms with E-state index < -0.39 is 5.97 Å². The number of para-hydroxylation sites is 1. The van der Waals surface area contributed by atoms with Crippen LogP contribution >= 0.6 is 0 Å². The molecule has 0 radical (unpaired) electrons. The Hall–Kier alpha value is -1.81. The van der Waals surface area contributed by atoms with Gasteiger partial charge >= 0.3 is 5.97 Å². The van der Waals surface area contributed by atoms with Crippen LogP contribution in [0, 0.1) is 0 Å². The maximum Gasteiger partial charge on any atom is 0.303 e. The average molecular weight is 258 g/mol. The van der Waals surface area contributed by atoms with Crippen LogP contribution in [0.3, 0.4) is 0 Å². The van der Waals surface area contributed by atoms with Crippen LogP contribution < -0.4 is 0 Å². The lowest BCUT2D eigenvalue weighted by molar-refractivity contribution is -0.137. The molecule has 1 aliphatic heterocycles. The van der Waals surface area contributed by atoms with Crippen molar-refractivity contribution in [1.29, 1.82) is 0 Å². The molecule has 0 bridgehead atoms. The maximum atomic E-state index is 10.8. The predicted octanol–water partition coefficient (Wildman–Crippen LogP) is 2.56. The van der Waals surface area contributed by atoms with E-state index in [1.165, 1.54) is 16.6 Å². The molecular formula is C15H18N2O2. The summed E-state index contributed by atoms with van der Waals surface area (Å²) in [5.41, 5.74) is 3.73. The van der Waals surface area contributed by atoms with Gasteiger partial charge in [0.05, 0.1) is 6.04 Å². The van der Waals surface area contributed by atoms with Crippen molar-refractivity contribution < 1.29 is 9.90 Å². The number of carbonyl (C=O) groups is 1. The van der Waals surface area contributed by atoms with Gasteiger partial charge in [0, 0.05) is 29.6 Å². The summed E-state index contributed by atoms with van der Waals surface area (Å²) in [7, 11) is 2.07. The highest BCUT2D eigenvalue weighted by atomic mass is 16.4. The van der Waals surface area contributed by atoms with Gasteiger partial charge in [-0.3, -0.25) is 9.69 Å². The number of H-pyrrole nitrogens is 1. The molecule has 100 valence electrons. The van der Waals surface area contributed by atoms with E-state index in [0.717, 1.165) is 18.5 Å². The Bertz CT molecular complexity index is 618. The predicted molar refractivity (Wildman–Crippen MR) is 74.2 cm³/mol. The molecular weight excluding hydrogens is 240 g/mol. The third kappa shape index (κ3) is 2.12. The van der Waals surface area contributed by atoms with Gasteiger partial charge in [0.1, 0.15) is 0 Å². The Balaban J connectivity index is 2.01. The standard InChI is InChI=1S/C15H18N2O2/c1-17-9-8-11-10-4-2-3-5-12(10)16-15(11)13(17)6-7-14(18)19/h2-5,13,16H,6-9H2,1H3,(H,18,19). The molecule has 2 aromatic rings. The second kappa shape index (κ2) is 4.70. The van der Waals surface area contributed by atoms with Gasteiger partial charge in [0.25, 0.3) is 0 Å². The molecule has 4 nitrogen and oxygen atoms in total. The minimum absolute atomic E-state index is 0.187. The number of nitrogens with zero attached hydrogens (tertiary/aromatic N) is 1. The average Bonchev–Trinajstić information content (AvgIpc) is 2.75. The molecule has 3 rings (SSSR count). The molecule has 1 aromatic heterocycles. The number of hydrogen-bond acceptors (Lipinski definition) is 2. The number of hydrogen-bond donors (Lipinski definition) is 2. The highest BCUT2D eigenvalue weighted by molar-refractivity contribution is 5.85. The largest absolute Gasteiger partial charge is 0.481 e. The number of rotatable bonds is 3. The summed E-state index contributed by atoms with van der Waals surface area (Å²) in [6.45, 7) is 0.985. The lowest BCUT2D eigenvalue weighted by Crippen LogP contribution is -2.32. The van der Waals surface area contributed by atoms with Crippen molar-refractivity contribution >= 4 is 16.9 Å². The number of nitrogens with one attached hydrogen (secondary N) is 1. The smallest absolute Gasteiger partial charge is 0.303 e. The zero-order valence-corrected chi connectivity index (χ0v) is 11.0. The van der Waals surface area contributed by atoms with E-state index in [1.54, 1.807) is 0 Å². The molecule has 19 heavy (non-hydrogen) atoms. The van der Waals surface area contributed by atoms with Crippen molar-refractivity contribution in [3.8, 4) is 0 Å². The Morgan fingerprint density at radius 3 is 3.05 bits per heavy atom. The normalized spacial score (nSPS) is 19.5. The van der Waals surface area contributed by atoms with E-state index in [4.69, 9.17) is 5.11 Å². The fraction of sp³-hybridized carbons (Fsp3) is 0.400. The molecule has 1 unspecified atom stereocenters. The van der Waals surface area contributed by atoms with E-state index in [2.05, 4.69) is 35.1 Å². The number of aromatic nitrogens is 1. The highest BCUT2D eigenvalue weighted by Gasteiger charge is 2.28. The molecule has 0 saturated carbocycles. The molecule has 2 N–H and O–H groups in total. The first-order chi connectivity index (χ1) is 9.16. The maximum absolute atomic E-state index is 10.8. The van der Waals surface area contributed by atoms with Crippen LogP contribution in [-0.4, -0.2) is 34.6 Å². The van der Waals surface area contributed by atoms with Gasteiger partial charge < -0.3 is 10.1 Å². The molecule has 0 amide bonds. The zero-order chi connectivity index (χ0) is 13.4. The van der Waals surface area contributed by atoms with E-state index >= 15 is 0 Å². The van der Waals surface area contributed by atoms with E-state index in [1.807, 2.05) is 6.07 Å². The molecule has 0 saturated heterocycles. The Kier molecular flexibility index (Phi) is 3.03. The monoisotopic (exact) mass is 258 g/mol. The third-order valence-electron chi connectivity index (χ3n) is 4.06. The summed E-state index contributed by atoms with van der Waals surface area (Å²) in [5.74, 6) is -0.725. The fourth-order valence-electron chi connectivity index (χ4n) is 3.06. The number of fused-ring (bicyclic) bond motifs is 3. The molecule has 1 aromatic carbocycles. The fourth-order valence-corrected chi connectivity index (χ4v) is 3.06. The van der Waals surface area contributed by atoms with E-state index in [9.17, 15) is 4.79 Å². The minimum atomic E-state index is -0.725. The number of carboxylic acid groups (broad SMARTS) is 1. The number of aliphatic carboxylic acids is 1. The third-order valence-corrected chi connectivity index (χ3v) is 4.06. The molecule has 1 aliphatic rings. The molecule has 0 aliphatic carbocycles. The minimum Gasteiger partial charge on any atom is -0.481 e. The summed E-state index contributed by atoms with van der Waals surface area (Å²) < 4.78 is 0. The molecule has 0 fully saturated rings. The summed E-state index contributed by atoms with van der Waals surface area (Å²) in [5, 5.41) is 10.2. The van der Waals surface area contributed by atoms with Crippen LogP contribution in [0.2, 0.25) is 0 Å². The van der Waals surface area contributed by atoms with Crippen molar-refractivity contribution in [3.63, 3.8) is 0 Å². The lowest BCUT2D eigenvalue weighted by atomic mass is 9.95. The van der Waals surface area contributed by atoms with Gasteiger partial charge in [0.15, 0.2) is 0 Å². The first-order valence-electron chi connectivity index (χ1n) is 6.68. The molecule has 4 heteroatoms. The van der Waals surface area contributed by atoms with Crippen molar-refractivity contribution in [1.82, 2.24) is 9.88 Å². The quantitative estimate of drug-likeness (QED) is 0.889. The topological polar surface area (TPSA) is 56.3 Å². The van der Waals surface area contributed by atoms with Crippen molar-refractivity contribution in [2.45, 2.75) is 25.3 Å². The van der Waals surface area contributed by atoms with Gasteiger partial charge in [-0.25, -0.2) is 0 Å². The van der Waals surface area contributed by atoms with Crippen LogP contribution in [-0.2, 0) is 11.2 Å². The Labute approximate surface area is 112 Å². The van der Waals surface area contributed by atoms with Crippen molar-refractivity contribution in [2.75, 3.05) is 13.6 Å². The molecule has 0 spiro atoms. The second-order valence-corrected chi connectivity index (χ2v) is 5.24. The first kappa shape index (κ1) is 12.2. The number of aromatic amines is 1. The van der Waals surface area contributed by atoms with Gasteiger partial charge in [0.2, 0.25) is 0 Å². The molecule has 2 heterocycles. The van der Waals surface area contributed by atoms with Crippen molar-refractivity contribution in [2.24, 2.45) is 0 Å². The van der Waals surface area contributed by atoms with Crippen LogP contribution in [0.5, 0.6) is 0 Å². The number of likely N-dealkylation sites (N-methyl/N-ethyl adjacent to an activating group) is 1. The zero-order valence-electron chi connectivity index (χ0n) is 11.0. The summed E-state index contributed by atoms with van der Waals surface area (Å²) in [4.78, 5) is 16.5. The van der Waals surface area contributed by atoms with Crippen LogP contribution in [0.25, 0.3) is 10.9 Å². The van der Waals surface area contributed by atoms with Gasteiger partial charge in [-0.1, -0.05) is 18.2 Å². The van der Waals surface area contributed by atoms with Crippen molar-refractivity contribution in [3.05, 3.63) is 35.5 Å². The first-order valence-corrected chi connectivity index (χ1v) is 6.68. The summed E-state index contributed by atoms with van der Waals surface area (Å²) in [6, 6.07) is 8.50. The molecule has 1 atom stereocenters.